The molecule has 1 amide bonds. The van der Waals surface area contributed by atoms with Crippen LogP contribution in [0.25, 0.3) is 0 Å². The van der Waals surface area contributed by atoms with E-state index in [1.807, 2.05) is 4.90 Å². The zero-order chi connectivity index (χ0) is 11.8. The first-order valence-electron chi connectivity index (χ1n) is 5.66. The Morgan fingerprint density at radius 2 is 2.06 bits per heavy atom. The summed E-state index contributed by atoms with van der Waals surface area (Å²) >= 11 is 0. The first kappa shape index (κ1) is 16.2. The molecule has 17 heavy (non-hydrogen) atoms. The molecular formula is C11H21IN4O. The molecule has 0 spiro atoms. The molecule has 6 heteroatoms. The summed E-state index contributed by atoms with van der Waals surface area (Å²) < 4.78 is 0. The van der Waals surface area contributed by atoms with Crippen molar-refractivity contribution in [1.82, 2.24) is 10.2 Å². The number of carbonyl (C=O) groups is 1. The van der Waals surface area contributed by atoms with Crippen LogP contribution in [0.2, 0.25) is 0 Å². The second kappa shape index (κ2) is 9.26. The fourth-order valence-electron chi connectivity index (χ4n) is 1.62. The third-order valence-electron chi connectivity index (χ3n) is 2.51. The summed E-state index contributed by atoms with van der Waals surface area (Å²) in [7, 11) is 0. The smallest absolute Gasteiger partial charge is 0.242 e. The van der Waals surface area contributed by atoms with Crippen LogP contribution in [0.1, 0.15) is 19.3 Å². The molecule has 1 fully saturated rings. The average molecular weight is 352 g/mol. The molecule has 1 aliphatic heterocycles. The molecule has 1 saturated heterocycles. The van der Waals surface area contributed by atoms with Crippen LogP contribution >= 0.6 is 24.0 Å². The van der Waals surface area contributed by atoms with E-state index in [9.17, 15) is 4.79 Å². The van der Waals surface area contributed by atoms with Gasteiger partial charge in [-0.2, -0.15) is 0 Å². The average Bonchev–Trinajstić information content (AvgIpc) is 2.34. The molecule has 0 aromatic heterocycles. The second-order valence-electron chi connectivity index (χ2n) is 3.81. The predicted molar refractivity (Wildman–Crippen MR) is 80.5 cm³/mol. The zero-order valence-electron chi connectivity index (χ0n) is 10.0. The standard InChI is InChI=1S/C11H20N4O.HI/c1-2-6-13-10(16)9-14-11(12)15-7-4-3-5-8-15;/h2H,1,3-9H2,(H2,12,14)(H,13,16);1H. The highest BCUT2D eigenvalue weighted by molar-refractivity contribution is 14.0. The van der Waals surface area contributed by atoms with Gasteiger partial charge in [0.1, 0.15) is 6.54 Å². The number of hydrogen-bond donors (Lipinski definition) is 2. The molecule has 0 saturated carbocycles. The lowest BCUT2D eigenvalue weighted by Gasteiger charge is -2.27. The van der Waals surface area contributed by atoms with E-state index in [-0.39, 0.29) is 36.4 Å². The van der Waals surface area contributed by atoms with Crippen LogP contribution in [-0.4, -0.2) is 42.9 Å². The number of nitrogens with one attached hydrogen (secondary N) is 1. The summed E-state index contributed by atoms with van der Waals surface area (Å²) in [5.41, 5.74) is 5.80. The van der Waals surface area contributed by atoms with Crippen molar-refractivity contribution < 1.29 is 4.79 Å². The summed E-state index contributed by atoms with van der Waals surface area (Å²) in [6.45, 7) is 5.98. The SMILES string of the molecule is C=CCNC(=O)CN=C(N)N1CCCCC1.I. The Labute approximate surface area is 120 Å². The number of hydrogen-bond acceptors (Lipinski definition) is 2. The maximum atomic E-state index is 11.2. The molecule has 98 valence electrons. The Morgan fingerprint density at radius 3 is 2.65 bits per heavy atom. The van der Waals surface area contributed by atoms with Gasteiger partial charge in [-0.15, -0.1) is 30.6 Å². The maximum Gasteiger partial charge on any atom is 0.242 e. The monoisotopic (exact) mass is 352 g/mol. The van der Waals surface area contributed by atoms with Crippen LogP contribution in [0.3, 0.4) is 0 Å². The number of halogens is 1. The largest absolute Gasteiger partial charge is 0.370 e. The minimum atomic E-state index is -0.125. The Balaban J connectivity index is 0.00000256. The second-order valence-corrected chi connectivity index (χ2v) is 3.81. The van der Waals surface area contributed by atoms with Gasteiger partial charge in [-0.25, -0.2) is 4.99 Å². The highest BCUT2D eigenvalue weighted by Gasteiger charge is 2.11. The molecule has 0 aromatic rings. The lowest BCUT2D eigenvalue weighted by molar-refractivity contribution is -0.119. The Morgan fingerprint density at radius 1 is 1.41 bits per heavy atom. The number of piperidine rings is 1. The minimum absolute atomic E-state index is 0. The molecule has 0 unspecified atom stereocenters. The van der Waals surface area contributed by atoms with Gasteiger partial charge < -0.3 is 16.0 Å². The summed E-state index contributed by atoms with van der Waals surface area (Å²) in [6, 6.07) is 0. The van der Waals surface area contributed by atoms with Crippen molar-refractivity contribution in [3.05, 3.63) is 12.7 Å². The fraction of sp³-hybridized carbons (Fsp3) is 0.636. The third kappa shape index (κ3) is 6.50. The maximum absolute atomic E-state index is 11.2. The summed E-state index contributed by atoms with van der Waals surface area (Å²) in [6.07, 6.45) is 5.19. The molecule has 1 rings (SSSR count). The molecule has 0 atom stereocenters. The van der Waals surface area contributed by atoms with Crippen LogP contribution in [-0.2, 0) is 4.79 Å². The fourth-order valence-corrected chi connectivity index (χ4v) is 1.62. The lowest BCUT2D eigenvalue weighted by atomic mass is 10.1. The molecule has 1 heterocycles. The molecule has 0 bridgehead atoms. The Kier molecular flexibility index (Phi) is 8.83. The quantitative estimate of drug-likeness (QED) is 0.339. The van der Waals surface area contributed by atoms with Gasteiger partial charge in [0.05, 0.1) is 0 Å². The molecular weight excluding hydrogens is 331 g/mol. The van der Waals surface area contributed by atoms with Gasteiger partial charge >= 0.3 is 0 Å². The lowest BCUT2D eigenvalue weighted by Crippen LogP contribution is -2.41. The van der Waals surface area contributed by atoms with Crippen LogP contribution < -0.4 is 11.1 Å². The number of nitrogens with two attached hydrogens (primary N) is 1. The zero-order valence-corrected chi connectivity index (χ0v) is 12.4. The van der Waals surface area contributed by atoms with Crippen molar-refractivity contribution in [2.24, 2.45) is 10.7 Å². The van der Waals surface area contributed by atoms with E-state index in [4.69, 9.17) is 5.73 Å². The van der Waals surface area contributed by atoms with Crippen LogP contribution in [0.15, 0.2) is 17.6 Å². The number of guanidine groups is 1. The van der Waals surface area contributed by atoms with Crippen LogP contribution in [0.4, 0.5) is 0 Å². The van der Waals surface area contributed by atoms with Crippen molar-refractivity contribution in [1.29, 1.82) is 0 Å². The molecule has 0 aromatic carbocycles. The van der Waals surface area contributed by atoms with Crippen molar-refractivity contribution in [3.63, 3.8) is 0 Å². The molecule has 5 nitrogen and oxygen atoms in total. The van der Waals surface area contributed by atoms with E-state index in [2.05, 4.69) is 16.9 Å². The predicted octanol–water partition coefficient (Wildman–Crippen LogP) is 0.707. The van der Waals surface area contributed by atoms with Crippen molar-refractivity contribution >= 4 is 35.8 Å². The van der Waals surface area contributed by atoms with Crippen molar-refractivity contribution in [2.45, 2.75) is 19.3 Å². The van der Waals surface area contributed by atoms with Crippen molar-refractivity contribution in [2.75, 3.05) is 26.2 Å². The highest BCUT2D eigenvalue weighted by atomic mass is 127. The number of amides is 1. The van der Waals surface area contributed by atoms with E-state index in [0.717, 1.165) is 25.9 Å². The van der Waals surface area contributed by atoms with Gasteiger partial charge in [0.2, 0.25) is 5.91 Å². The van der Waals surface area contributed by atoms with Gasteiger partial charge in [0.25, 0.3) is 0 Å². The number of likely N-dealkylation sites (tertiary alicyclic amines) is 1. The van der Waals surface area contributed by atoms with E-state index < -0.39 is 0 Å². The van der Waals surface area contributed by atoms with Gasteiger partial charge in [-0.05, 0) is 19.3 Å². The van der Waals surface area contributed by atoms with E-state index in [0.29, 0.717) is 12.5 Å². The minimum Gasteiger partial charge on any atom is -0.370 e. The highest BCUT2D eigenvalue weighted by Crippen LogP contribution is 2.07. The van der Waals surface area contributed by atoms with Crippen LogP contribution in [0, 0.1) is 0 Å². The molecule has 1 aliphatic rings. The summed E-state index contributed by atoms with van der Waals surface area (Å²) in [5, 5.41) is 2.65. The molecule has 0 radical (unpaired) electrons. The molecule has 0 aliphatic carbocycles. The topological polar surface area (TPSA) is 70.7 Å². The number of carbonyl (C=O) groups excluding carboxylic acids is 1. The Bertz CT molecular complexity index is 275. The normalized spacial score (nSPS) is 16.0. The van der Waals surface area contributed by atoms with E-state index >= 15 is 0 Å². The first-order valence-corrected chi connectivity index (χ1v) is 5.66. The number of nitrogens with zero attached hydrogens (tertiary/aromatic N) is 2. The number of aliphatic imine (C=N–C) groups is 1. The third-order valence-corrected chi connectivity index (χ3v) is 2.51. The van der Waals surface area contributed by atoms with E-state index in [1.165, 1.54) is 6.42 Å². The van der Waals surface area contributed by atoms with Crippen molar-refractivity contribution in [3.8, 4) is 0 Å². The Hall–Kier alpha value is -0.790. The van der Waals surface area contributed by atoms with Gasteiger partial charge in [-0.3, -0.25) is 4.79 Å². The van der Waals surface area contributed by atoms with Gasteiger partial charge in [0.15, 0.2) is 5.96 Å². The number of rotatable bonds is 4. The van der Waals surface area contributed by atoms with Gasteiger partial charge in [0, 0.05) is 19.6 Å². The summed E-state index contributed by atoms with van der Waals surface area (Å²) in [5.74, 6) is 0.355. The van der Waals surface area contributed by atoms with E-state index in [1.54, 1.807) is 6.08 Å². The van der Waals surface area contributed by atoms with Gasteiger partial charge in [-0.1, -0.05) is 6.08 Å². The first-order chi connectivity index (χ1) is 7.74. The molecule has 3 N–H and O–H groups in total. The van der Waals surface area contributed by atoms with Crippen LogP contribution in [0.5, 0.6) is 0 Å². The summed E-state index contributed by atoms with van der Waals surface area (Å²) in [4.78, 5) is 17.4.